The van der Waals surface area contributed by atoms with Gasteiger partial charge < -0.3 is 0 Å². The van der Waals surface area contributed by atoms with Crippen LogP contribution in [0.15, 0.2) is 60.7 Å². The van der Waals surface area contributed by atoms with Gasteiger partial charge in [-0.2, -0.15) is 0 Å². The van der Waals surface area contributed by atoms with Gasteiger partial charge in [0.25, 0.3) is 0 Å². The SMILES string of the molecule is CC(C)(C(=O)OOC(=O)C(C)(C)c1ccccc1)c1ccccc1. The van der Waals surface area contributed by atoms with Crippen LogP contribution < -0.4 is 0 Å². The molecule has 4 heteroatoms. The summed E-state index contributed by atoms with van der Waals surface area (Å²) in [5.74, 6) is -1.24. The van der Waals surface area contributed by atoms with Crippen LogP contribution in [0.3, 0.4) is 0 Å². The van der Waals surface area contributed by atoms with Crippen molar-refractivity contribution < 1.29 is 19.4 Å². The zero-order chi connectivity index (χ0) is 17.8. The van der Waals surface area contributed by atoms with E-state index in [9.17, 15) is 9.59 Å². The summed E-state index contributed by atoms with van der Waals surface area (Å²) in [4.78, 5) is 34.4. The van der Waals surface area contributed by atoms with E-state index in [4.69, 9.17) is 9.78 Å². The summed E-state index contributed by atoms with van der Waals surface area (Å²) in [5, 5.41) is 0. The van der Waals surface area contributed by atoms with Crippen LogP contribution in [0.4, 0.5) is 0 Å². The van der Waals surface area contributed by atoms with E-state index in [-0.39, 0.29) is 0 Å². The Morgan fingerprint density at radius 2 is 0.917 bits per heavy atom. The average Bonchev–Trinajstić information content (AvgIpc) is 2.60. The smallest absolute Gasteiger partial charge is 0.246 e. The predicted octanol–water partition coefficient (Wildman–Crippen LogP) is 3.94. The van der Waals surface area contributed by atoms with Gasteiger partial charge in [0.2, 0.25) is 0 Å². The molecule has 0 amide bonds. The Morgan fingerprint density at radius 1 is 0.625 bits per heavy atom. The Hall–Kier alpha value is -2.62. The lowest BCUT2D eigenvalue weighted by Gasteiger charge is -2.24. The second-order valence-corrected chi connectivity index (χ2v) is 6.72. The highest BCUT2D eigenvalue weighted by molar-refractivity contribution is 5.85. The van der Waals surface area contributed by atoms with Crippen molar-refractivity contribution in [3.63, 3.8) is 0 Å². The fraction of sp³-hybridized carbons (Fsp3) is 0.300. The van der Waals surface area contributed by atoms with Gasteiger partial charge in [0.15, 0.2) is 0 Å². The highest BCUT2D eigenvalue weighted by Crippen LogP contribution is 2.27. The third kappa shape index (κ3) is 3.65. The van der Waals surface area contributed by atoms with Crippen molar-refractivity contribution in [3.8, 4) is 0 Å². The molecule has 0 heterocycles. The molecule has 0 spiro atoms. The standard InChI is InChI=1S/C20H22O4/c1-19(2,15-11-7-5-8-12-15)17(21)23-24-18(22)20(3,4)16-13-9-6-10-14-16/h5-14H,1-4H3. The van der Waals surface area contributed by atoms with Crippen LogP contribution in [0.25, 0.3) is 0 Å². The summed E-state index contributed by atoms with van der Waals surface area (Å²) >= 11 is 0. The van der Waals surface area contributed by atoms with Gasteiger partial charge in [-0.05, 0) is 38.8 Å². The third-order valence-electron chi connectivity index (χ3n) is 4.20. The average molecular weight is 326 g/mol. The molecule has 2 rings (SSSR count). The fourth-order valence-corrected chi connectivity index (χ4v) is 2.23. The Kier molecular flexibility index (Phi) is 5.07. The van der Waals surface area contributed by atoms with E-state index in [0.717, 1.165) is 11.1 Å². The van der Waals surface area contributed by atoms with Crippen LogP contribution in [-0.4, -0.2) is 11.9 Å². The molecule has 0 radical (unpaired) electrons. The molecule has 0 N–H and O–H groups in total. The Morgan fingerprint density at radius 3 is 1.21 bits per heavy atom. The minimum Gasteiger partial charge on any atom is -0.246 e. The molecule has 2 aromatic rings. The third-order valence-corrected chi connectivity index (χ3v) is 4.20. The molecule has 0 fully saturated rings. The first-order valence-electron chi connectivity index (χ1n) is 7.80. The minimum absolute atomic E-state index is 0.620. The summed E-state index contributed by atoms with van der Waals surface area (Å²) in [7, 11) is 0. The van der Waals surface area contributed by atoms with Crippen molar-refractivity contribution in [1.29, 1.82) is 0 Å². The summed E-state index contributed by atoms with van der Waals surface area (Å²) in [6, 6.07) is 18.4. The molecule has 0 unspecified atom stereocenters. The van der Waals surface area contributed by atoms with Crippen molar-refractivity contribution in [3.05, 3.63) is 71.8 Å². The van der Waals surface area contributed by atoms with E-state index in [1.807, 2.05) is 60.7 Å². The van der Waals surface area contributed by atoms with Gasteiger partial charge in [-0.1, -0.05) is 60.7 Å². The lowest BCUT2D eigenvalue weighted by molar-refractivity contribution is -0.266. The molecular formula is C20H22O4. The zero-order valence-electron chi connectivity index (χ0n) is 14.4. The molecule has 0 aliphatic carbocycles. The van der Waals surface area contributed by atoms with Crippen molar-refractivity contribution in [2.45, 2.75) is 38.5 Å². The van der Waals surface area contributed by atoms with Crippen LogP contribution in [0, 0.1) is 0 Å². The number of carbonyl (C=O) groups excluding carboxylic acids is 2. The first kappa shape index (κ1) is 17.7. The quantitative estimate of drug-likeness (QED) is 0.631. The van der Waals surface area contributed by atoms with Crippen LogP contribution in [0.5, 0.6) is 0 Å². The number of hydrogen-bond acceptors (Lipinski definition) is 4. The molecule has 0 aromatic heterocycles. The summed E-state index contributed by atoms with van der Waals surface area (Å²) in [6.45, 7) is 6.89. The fourth-order valence-electron chi connectivity index (χ4n) is 2.23. The summed E-state index contributed by atoms with van der Waals surface area (Å²) in [5.41, 5.74) is -0.265. The van der Waals surface area contributed by atoms with Crippen molar-refractivity contribution in [2.75, 3.05) is 0 Å². The lowest BCUT2D eigenvalue weighted by atomic mass is 9.85. The van der Waals surface area contributed by atoms with E-state index >= 15 is 0 Å². The van der Waals surface area contributed by atoms with E-state index in [2.05, 4.69) is 0 Å². The molecular weight excluding hydrogens is 304 g/mol. The van der Waals surface area contributed by atoms with Crippen LogP contribution in [0.2, 0.25) is 0 Å². The number of benzene rings is 2. The normalized spacial score (nSPS) is 11.7. The molecule has 0 atom stereocenters. The molecule has 0 aliphatic heterocycles. The highest BCUT2D eigenvalue weighted by atomic mass is 17.2. The van der Waals surface area contributed by atoms with Crippen molar-refractivity contribution >= 4 is 11.9 Å². The topological polar surface area (TPSA) is 52.6 Å². The first-order valence-corrected chi connectivity index (χ1v) is 7.80. The first-order chi connectivity index (χ1) is 11.3. The van der Waals surface area contributed by atoms with Gasteiger partial charge >= 0.3 is 11.9 Å². The summed E-state index contributed by atoms with van der Waals surface area (Å²) in [6.07, 6.45) is 0. The molecule has 0 aliphatic rings. The second-order valence-electron chi connectivity index (χ2n) is 6.72. The molecule has 0 saturated heterocycles. The number of rotatable bonds is 4. The Labute approximate surface area is 142 Å². The Balaban J connectivity index is 2.05. The maximum Gasteiger partial charge on any atom is 0.365 e. The van der Waals surface area contributed by atoms with Crippen LogP contribution >= 0.6 is 0 Å². The monoisotopic (exact) mass is 326 g/mol. The van der Waals surface area contributed by atoms with Crippen molar-refractivity contribution in [2.24, 2.45) is 0 Å². The Bertz CT molecular complexity index is 639. The molecule has 24 heavy (non-hydrogen) atoms. The van der Waals surface area contributed by atoms with Gasteiger partial charge in [-0.3, -0.25) is 0 Å². The van der Waals surface area contributed by atoms with Gasteiger partial charge in [0, 0.05) is 0 Å². The second kappa shape index (κ2) is 6.87. The van der Waals surface area contributed by atoms with Gasteiger partial charge in [0.1, 0.15) is 0 Å². The summed E-state index contributed by atoms with van der Waals surface area (Å²) < 4.78 is 0. The molecule has 2 aromatic carbocycles. The van der Waals surface area contributed by atoms with Gasteiger partial charge in [0.05, 0.1) is 10.8 Å². The molecule has 4 nitrogen and oxygen atoms in total. The molecule has 0 saturated carbocycles. The van der Waals surface area contributed by atoms with E-state index in [0.29, 0.717) is 0 Å². The van der Waals surface area contributed by atoms with Crippen molar-refractivity contribution in [1.82, 2.24) is 0 Å². The van der Waals surface area contributed by atoms with E-state index in [1.165, 1.54) is 0 Å². The number of carbonyl (C=O) groups is 2. The van der Waals surface area contributed by atoms with E-state index in [1.54, 1.807) is 27.7 Å². The van der Waals surface area contributed by atoms with Crippen LogP contribution in [-0.2, 0) is 30.2 Å². The largest absolute Gasteiger partial charge is 0.365 e. The lowest BCUT2D eigenvalue weighted by Crippen LogP contribution is -2.36. The minimum atomic E-state index is -0.918. The maximum atomic E-state index is 12.3. The predicted molar refractivity (Wildman–Crippen MR) is 91.1 cm³/mol. The van der Waals surface area contributed by atoms with Gasteiger partial charge in [-0.25, -0.2) is 19.4 Å². The number of hydrogen-bond donors (Lipinski definition) is 0. The van der Waals surface area contributed by atoms with Gasteiger partial charge in [-0.15, -0.1) is 0 Å². The maximum absolute atomic E-state index is 12.3. The zero-order valence-corrected chi connectivity index (χ0v) is 14.4. The highest BCUT2D eigenvalue weighted by Gasteiger charge is 2.37. The van der Waals surface area contributed by atoms with E-state index < -0.39 is 22.8 Å². The van der Waals surface area contributed by atoms with Crippen LogP contribution in [0.1, 0.15) is 38.8 Å². The molecule has 0 bridgehead atoms. The molecule has 126 valence electrons.